The summed E-state index contributed by atoms with van der Waals surface area (Å²) in [6.07, 6.45) is 3.65. The molecule has 0 unspecified atom stereocenters. The molecule has 0 saturated heterocycles. The van der Waals surface area contributed by atoms with Crippen molar-refractivity contribution < 1.29 is 0 Å². The summed E-state index contributed by atoms with van der Waals surface area (Å²) in [4.78, 5) is 6.38. The summed E-state index contributed by atoms with van der Waals surface area (Å²) >= 11 is 1.71. The van der Waals surface area contributed by atoms with Gasteiger partial charge in [-0.1, -0.05) is 36.0 Å². The highest BCUT2D eigenvalue weighted by molar-refractivity contribution is 7.99. The number of aromatic nitrogens is 4. The van der Waals surface area contributed by atoms with Crippen molar-refractivity contribution >= 4 is 17.4 Å². The standard InChI is InChI=1S/C16H15N5S/c1-12-4-2-3-5-14(12)15-18-19-16-21(15)10-20(11-22-16)13-6-8-17-9-7-13/h2-9H,10-11H2,1H3. The molecule has 1 aromatic carbocycles. The molecule has 0 N–H and O–H groups in total. The third-order valence-corrected chi connectivity index (χ3v) is 4.79. The number of anilines is 1. The second-order valence-corrected chi connectivity index (χ2v) is 6.12. The van der Waals surface area contributed by atoms with Crippen LogP contribution in [0.1, 0.15) is 5.56 Å². The van der Waals surface area contributed by atoms with Gasteiger partial charge in [-0.05, 0) is 24.6 Å². The largest absolute Gasteiger partial charge is 0.343 e. The number of rotatable bonds is 2. The molecule has 3 heterocycles. The van der Waals surface area contributed by atoms with E-state index >= 15 is 0 Å². The number of benzene rings is 1. The maximum Gasteiger partial charge on any atom is 0.194 e. The summed E-state index contributed by atoms with van der Waals surface area (Å²) in [5.74, 6) is 1.80. The predicted octanol–water partition coefficient (Wildman–Crippen LogP) is 3.18. The smallest absolute Gasteiger partial charge is 0.194 e. The zero-order valence-corrected chi connectivity index (χ0v) is 13.0. The van der Waals surface area contributed by atoms with Crippen molar-refractivity contribution in [3.8, 4) is 11.4 Å². The lowest BCUT2D eigenvalue weighted by molar-refractivity contribution is 0.608. The van der Waals surface area contributed by atoms with Crippen LogP contribution in [0.15, 0.2) is 53.9 Å². The van der Waals surface area contributed by atoms with Gasteiger partial charge in [-0.25, -0.2) is 0 Å². The van der Waals surface area contributed by atoms with Gasteiger partial charge in [0.05, 0.1) is 12.5 Å². The number of aryl methyl sites for hydroxylation is 1. The Balaban J connectivity index is 1.73. The molecule has 5 nitrogen and oxygen atoms in total. The number of thioether (sulfide) groups is 1. The van der Waals surface area contributed by atoms with Crippen molar-refractivity contribution in [1.29, 1.82) is 0 Å². The average molecular weight is 309 g/mol. The lowest BCUT2D eigenvalue weighted by atomic mass is 10.1. The van der Waals surface area contributed by atoms with Gasteiger partial charge in [0.1, 0.15) is 0 Å². The van der Waals surface area contributed by atoms with E-state index in [0.717, 1.165) is 34.8 Å². The lowest BCUT2D eigenvalue weighted by Gasteiger charge is -2.29. The predicted molar refractivity (Wildman–Crippen MR) is 87.6 cm³/mol. The molecule has 0 bridgehead atoms. The van der Waals surface area contributed by atoms with Crippen molar-refractivity contribution in [3.63, 3.8) is 0 Å². The van der Waals surface area contributed by atoms with E-state index in [-0.39, 0.29) is 0 Å². The Kier molecular flexibility index (Phi) is 3.31. The fourth-order valence-corrected chi connectivity index (χ4v) is 3.50. The fourth-order valence-electron chi connectivity index (χ4n) is 2.60. The second-order valence-electron chi connectivity index (χ2n) is 5.21. The van der Waals surface area contributed by atoms with Gasteiger partial charge >= 0.3 is 0 Å². The fraction of sp³-hybridized carbons (Fsp3) is 0.188. The van der Waals surface area contributed by atoms with Gasteiger partial charge in [0, 0.05) is 23.6 Å². The van der Waals surface area contributed by atoms with Gasteiger partial charge in [0.2, 0.25) is 0 Å². The summed E-state index contributed by atoms with van der Waals surface area (Å²) in [7, 11) is 0. The maximum absolute atomic E-state index is 4.41. The molecule has 0 fully saturated rings. The number of fused-ring (bicyclic) bond motifs is 1. The zero-order chi connectivity index (χ0) is 14.9. The topological polar surface area (TPSA) is 46.8 Å². The highest BCUT2D eigenvalue weighted by Crippen LogP contribution is 2.32. The highest BCUT2D eigenvalue weighted by Gasteiger charge is 2.23. The minimum atomic E-state index is 0.753. The van der Waals surface area contributed by atoms with Crippen molar-refractivity contribution in [1.82, 2.24) is 19.7 Å². The monoisotopic (exact) mass is 309 g/mol. The molecule has 4 rings (SSSR count). The van der Waals surface area contributed by atoms with Gasteiger partial charge in [-0.15, -0.1) is 10.2 Å². The van der Waals surface area contributed by atoms with E-state index in [1.54, 1.807) is 11.8 Å². The molecule has 110 valence electrons. The van der Waals surface area contributed by atoms with E-state index in [9.17, 15) is 0 Å². The molecule has 0 spiro atoms. The summed E-state index contributed by atoms with van der Waals surface area (Å²) in [6, 6.07) is 12.4. The van der Waals surface area contributed by atoms with Crippen LogP contribution >= 0.6 is 11.8 Å². The zero-order valence-electron chi connectivity index (χ0n) is 12.2. The van der Waals surface area contributed by atoms with Crippen LogP contribution in [-0.2, 0) is 6.67 Å². The molecule has 0 aliphatic carbocycles. The van der Waals surface area contributed by atoms with Crippen molar-refractivity contribution in [2.75, 3.05) is 10.8 Å². The van der Waals surface area contributed by atoms with E-state index in [0.29, 0.717) is 0 Å². The minimum Gasteiger partial charge on any atom is -0.343 e. The van der Waals surface area contributed by atoms with Gasteiger partial charge in [0.25, 0.3) is 0 Å². The Morgan fingerprint density at radius 2 is 1.86 bits per heavy atom. The van der Waals surface area contributed by atoms with E-state index in [2.05, 4.69) is 43.7 Å². The van der Waals surface area contributed by atoms with Crippen molar-refractivity contribution in [3.05, 3.63) is 54.4 Å². The van der Waals surface area contributed by atoms with Crippen molar-refractivity contribution in [2.45, 2.75) is 18.7 Å². The summed E-state index contributed by atoms with van der Waals surface area (Å²) < 4.78 is 2.18. The van der Waals surface area contributed by atoms with Crippen LogP contribution in [0.2, 0.25) is 0 Å². The van der Waals surface area contributed by atoms with Crippen molar-refractivity contribution in [2.24, 2.45) is 0 Å². The second kappa shape index (κ2) is 5.46. The lowest BCUT2D eigenvalue weighted by Crippen LogP contribution is -2.30. The van der Waals surface area contributed by atoms with Crippen LogP contribution < -0.4 is 4.90 Å². The molecule has 3 aromatic rings. The summed E-state index contributed by atoms with van der Waals surface area (Å²) in [5, 5.41) is 9.72. The highest BCUT2D eigenvalue weighted by atomic mass is 32.2. The summed E-state index contributed by atoms with van der Waals surface area (Å²) in [6.45, 7) is 2.86. The first-order valence-electron chi connectivity index (χ1n) is 7.10. The minimum absolute atomic E-state index is 0.753. The Hall–Kier alpha value is -2.34. The normalized spacial score (nSPS) is 14.0. The van der Waals surface area contributed by atoms with Crippen LogP contribution in [0.5, 0.6) is 0 Å². The SMILES string of the molecule is Cc1ccccc1-c1nnc2n1CN(c1ccncc1)CS2. The molecule has 1 aliphatic rings. The first kappa shape index (κ1) is 13.3. The van der Waals surface area contributed by atoms with E-state index < -0.39 is 0 Å². The maximum atomic E-state index is 4.41. The van der Waals surface area contributed by atoms with Gasteiger partial charge in [0.15, 0.2) is 11.0 Å². The Morgan fingerprint density at radius 3 is 2.68 bits per heavy atom. The molecule has 0 atom stereocenters. The van der Waals surface area contributed by atoms with Crippen LogP contribution in [0, 0.1) is 6.92 Å². The molecule has 22 heavy (non-hydrogen) atoms. The molecule has 2 aromatic heterocycles. The average Bonchev–Trinajstić information content (AvgIpc) is 2.99. The molecule has 0 radical (unpaired) electrons. The van der Waals surface area contributed by atoms with Gasteiger partial charge in [-0.2, -0.15) is 0 Å². The third kappa shape index (κ3) is 2.25. The molecule has 0 saturated carbocycles. The van der Waals surface area contributed by atoms with Gasteiger partial charge < -0.3 is 4.90 Å². The van der Waals surface area contributed by atoms with Crippen LogP contribution in [0.3, 0.4) is 0 Å². The Morgan fingerprint density at radius 1 is 1.05 bits per heavy atom. The number of hydrogen-bond donors (Lipinski definition) is 0. The van der Waals surface area contributed by atoms with E-state index in [1.165, 1.54) is 5.56 Å². The molecular weight excluding hydrogens is 294 g/mol. The Labute approximate surface area is 133 Å². The first-order chi connectivity index (χ1) is 10.8. The van der Waals surface area contributed by atoms with Crippen LogP contribution in [0.4, 0.5) is 5.69 Å². The third-order valence-electron chi connectivity index (χ3n) is 3.79. The van der Waals surface area contributed by atoms with Gasteiger partial charge in [-0.3, -0.25) is 9.55 Å². The number of hydrogen-bond acceptors (Lipinski definition) is 5. The number of pyridine rings is 1. The first-order valence-corrected chi connectivity index (χ1v) is 8.08. The molecule has 6 heteroatoms. The molecular formula is C16H15N5S. The molecule has 1 aliphatic heterocycles. The van der Waals surface area contributed by atoms with Crippen LogP contribution in [0.25, 0.3) is 11.4 Å². The van der Waals surface area contributed by atoms with E-state index in [4.69, 9.17) is 0 Å². The number of nitrogens with zero attached hydrogens (tertiary/aromatic N) is 5. The van der Waals surface area contributed by atoms with E-state index in [1.807, 2.05) is 36.7 Å². The summed E-state index contributed by atoms with van der Waals surface area (Å²) in [5.41, 5.74) is 3.51. The molecule has 0 amide bonds. The Bertz CT molecular complexity index is 799. The quantitative estimate of drug-likeness (QED) is 0.727. The van der Waals surface area contributed by atoms with Crippen LogP contribution in [-0.4, -0.2) is 25.6 Å².